The topological polar surface area (TPSA) is 87.5 Å². The van der Waals surface area contributed by atoms with Crippen LogP contribution >= 0.6 is 0 Å². The first kappa shape index (κ1) is 23.6. The van der Waals surface area contributed by atoms with Crippen molar-refractivity contribution in [1.29, 1.82) is 0 Å². The molecule has 0 saturated carbocycles. The fourth-order valence-corrected chi connectivity index (χ4v) is 3.74. The van der Waals surface area contributed by atoms with E-state index in [0.29, 0.717) is 18.0 Å². The van der Waals surface area contributed by atoms with Crippen molar-refractivity contribution < 1.29 is 22.8 Å². The van der Waals surface area contributed by atoms with Gasteiger partial charge in [0, 0.05) is 24.3 Å². The van der Waals surface area contributed by atoms with Gasteiger partial charge in [-0.3, -0.25) is 14.5 Å². The Balaban J connectivity index is 1.37. The quantitative estimate of drug-likeness (QED) is 0.579. The zero-order valence-electron chi connectivity index (χ0n) is 17.6. The third-order valence-electron chi connectivity index (χ3n) is 5.56. The van der Waals surface area contributed by atoms with E-state index in [1.165, 1.54) is 12.1 Å². The maximum Gasteiger partial charge on any atom is 0.416 e. The summed E-state index contributed by atoms with van der Waals surface area (Å²) in [4.78, 5) is 25.7. The van der Waals surface area contributed by atoms with Gasteiger partial charge in [-0.2, -0.15) is 13.2 Å². The molecular weight excluding hydrogens is 421 g/mol. The van der Waals surface area contributed by atoms with E-state index in [2.05, 4.69) is 15.5 Å². The number of amides is 2. The number of primary amides is 1. The minimum atomic E-state index is -4.42. The van der Waals surface area contributed by atoms with E-state index in [1.54, 1.807) is 6.07 Å². The molecule has 0 aromatic heterocycles. The fourth-order valence-electron chi connectivity index (χ4n) is 3.74. The second kappa shape index (κ2) is 10.5. The van der Waals surface area contributed by atoms with Crippen molar-refractivity contribution in [3.05, 3.63) is 65.2 Å². The molecule has 0 aliphatic carbocycles. The largest absolute Gasteiger partial charge is 0.416 e. The molecule has 4 N–H and O–H groups in total. The van der Waals surface area contributed by atoms with Crippen LogP contribution < -0.4 is 16.4 Å². The number of carbonyl (C=O) groups excluding carboxylic acids is 2. The van der Waals surface area contributed by atoms with Crippen molar-refractivity contribution >= 4 is 17.5 Å². The lowest BCUT2D eigenvalue weighted by Gasteiger charge is -2.32. The maximum absolute atomic E-state index is 12.8. The number of rotatable bonds is 8. The number of carbonyl (C=O) groups is 2. The summed E-state index contributed by atoms with van der Waals surface area (Å²) in [6, 6.07) is 12.1. The molecule has 0 bridgehead atoms. The van der Waals surface area contributed by atoms with Gasteiger partial charge in [0.05, 0.1) is 12.1 Å². The van der Waals surface area contributed by atoms with Crippen molar-refractivity contribution in [2.45, 2.75) is 25.6 Å². The van der Waals surface area contributed by atoms with Crippen LogP contribution in [0.25, 0.3) is 0 Å². The van der Waals surface area contributed by atoms with Crippen LogP contribution in [-0.4, -0.2) is 42.9 Å². The van der Waals surface area contributed by atoms with Crippen LogP contribution in [0.1, 0.15) is 34.3 Å². The molecule has 6 nitrogen and oxygen atoms in total. The number of hydrogen-bond donors (Lipinski definition) is 3. The van der Waals surface area contributed by atoms with Crippen molar-refractivity contribution in [3.63, 3.8) is 0 Å². The number of hydrogen-bond acceptors (Lipinski definition) is 4. The van der Waals surface area contributed by atoms with E-state index in [0.717, 1.165) is 50.2 Å². The number of benzene rings is 2. The standard InChI is InChI=1S/C23H27F3N4O2/c24-23(25,26)19-5-2-6-20(12-19)28-14-21(31)29-13-16-7-9-30(10-8-16)15-17-3-1-4-18(11-17)22(27)32/h1-6,11-12,16,28H,7-10,13-15H2,(H2,27,32)(H,29,31). The monoisotopic (exact) mass is 448 g/mol. The smallest absolute Gasteiger partial charge is 0.376 e. The third-order valence-corrected chi connectivity index (χ3v) is 5.56. The minimum absolute atomic E-state index is 0.0869. The van der Waals surface area contributed by atoms with Crippen LogP contribution in [0.3, 0.4) is 0 Å². The molecule has 9 heteroatoms. The summed E-state index contributed by atoms with van der Waals surface area (Å²) in [6.07, 6.45) is -2.56. The molecule has 1 aliphatic heterocycles. The van der Waals surface area contributed by atoms with E-state index in [1.807, 2.05) is 18.2 Å². The van der Waals surface area contributed by atoms with Gasteiger partial charge in [-0.1, -0.05) is 18.2 Å². The molecule has 172 valence electrons. The summed E-state index contributed by atoms with van der Waals surface area (Å²) in [6.45, 7) is 2.94. The molecule has 2 amide bonds. The molecular formula is C23H27F3N4O2. The van der Waals surface area contributed by atoms with Crippen LogP contribution in [0.4, 0.5) is 18.9 Å². The highest BCUT2D eigenvalue weighted by Crippen LogP contribution is 2.30. The molecule has 1 heterocycles. The molecule has 1 aliphatic rings. The number of nitrogens with zero attached hydrogens (tertiary/aromatic N) is 1. The number of piperidine rings is 1. The van der Waals surface area contributed by atoms with Crippen LogP contribution in [0.2, 0.25) is 0 Å². The summed E-state index contributed by atoms with van der Waals surface area (Å²) in [5.41, 5.74) is 6.37. The molecule has 0 unspecified atom stereocenters. The summed E-state index contributed by atoms with van der Waals surface area (Å²) >= 11 is 0. The Morgan fingerprint density at radius 2 is 1.78 bits per heavy atom. The third kappa shape index (κ3) is 6.98. The van der Waals surface area contributed by atoms with Crippen molar-refractivity contribution in [2.24, 2.45) is 11.7 Å². The Bertz CT molecular complexity index is 941. The SMILES string of the molecule is NC(=O)c1cccc(CN2CCC(CNC(=O)CNc3cccc(C(F)(F)F)c3)CC2)c1. The van der Waals surface area contributed by atoms with Gasteiger partial charge in [0.1, 0.15) is 0 Å². The number of nitrogens with one attached hydrogen (secondary N) is 2. The van der Waals surface area contributed by atoms with Gasteiger partial charge in [0.15, 0.2) is 0 Å². The number of nitrogens with two attached hydrogens (primary N) is 1. The lowest BCUT2D eigenvalue weighted by Crippen LogP contribution is -2.39. The summed E-state index contributed by atoms with van der Waals surface area (Å²) in [5, 5.41) is 5.60. The predicted molar refractivity (Wildman–Crippen MR) is 116 cm³/mol. The van der Waals surface area contributed by atoms with Gasteiger partial charge in [0.25, 0.3) is 0 Å². The molecule has 3 rings (SSSR count). The second-order valence-electron chi connectivity index (χ2n) is 8.02. The van der Waals surface area contributed by atoms with E-state index >= 15 is 0 Å². The van der Waals surface area contributed by atoms with Gasteiger partial charge in [-0.15, -0.1) is 0 Å². The maximum atomic E-state index is 12.8. The Morgan fingerprint density at radius 1 is 1.06 bits per heavy atom. The summed E-state index contributed by atoms with van der Waals surface area (Å²) in [7, 11) is 0. The molecule has 0 radical (unpaired) electrons. The number of anilines is 1. The van der Waals surface area contributed by atoms with Crippen LogP contribution in [0.15, 0.2) is 48.5 Å². The molecule has 0 spiro atoms. The van der Waals surface area contributed by atoms with Crippen molar-refractivity contribution in [2.75, 3.05) is 31.5 Å². The number of likely N-dealkylation sites (tertiary alicyclic amines) is 1. The Morgan fingerprint density at radius 3 is 2.47 bits per heavy atom. The zero-order valence-corrected chi connectivity index (χ0v) is 17.6. The Kier molecular flexibility index (Phi) is 7.74. The first-order chi connectivity index (χ1) is 15.2. The van der Waals surface area contributed by atoms with Crippen molar-refractivity contribution in [3.8, 4) is 0 Å². The van der Waals surface area contributed by atoms with Gasteiger partial charge in [0.2, 0.25) is 11.8 Å². The van der Waals surface area contributed by atoms with E-state index < -0.39 is 17.6 Å². The van der Waals surface area contributed by atoms with Crippen molar-refractivity contribution in [1.82, 2.24) is 10.2 Å². The molecule has 1 fully saturated rings. The highest BCUT2D eigenvalue weighted by Gasteiger charge is 2.30. The first-order valence-electron chi connectivity index (χ1n) is 10.5. The van der Waals surface area contributed by atoms with Crippen LogP contribution in [-0.2, 0) is 17.5 Å². The van der Waals surface area contributed by atoms with Gasteiger partial charge < -0.3 is 16.4 Å². The predicted octanol–water partition coefficient (Wildman–Crippen LogP) is 3.24. The normalized spacial score (nSPS) is 15.3. The lowest BCUT2D eigenvalue weighted by atomic mass is 9.96. The fraction of sp³-hybridized carbons (Fsp3) is 0.391. The van der Waals surface area contributed by atoms with Gasteiger partial charge >= 0.3 is 6.18 Å². The summed E-state index contributed by atoms with van der Waals surface area (Å²) in [5.74, 6) is -0.349. The van der Waals surface area contributed by atoms with Crippen LogP contribution in [0, 0.1) is 5.92 Å². The first-order valence-corrected chi connectivity index (χ1v) is 10.5. The number of halogens is 3. The van der Waals surface area contributed by atoms with E-state index in [9.17, 15) is 22.8 Å². The van der Waals surface area contributed by atoms with E-state index in [4.69, 9.17) is 5.73 Å². The average Bonchev–Trinajstić information content (AvgIpc) is 2.77. The molecule has 0 atom stereocenters. The zero-order chi connectivity index (χ0) is 23.1. The lowest BCUT2D eigenvalue weighted by molar-refractivity contribution is -0.137. The molecule has 1 saturated heterocycles. The van der Waals surface area contributed by atoms with Crippen LogP contribution in [0.5, 0.6) is 0 Å². The summed E-state index contributed by atoms with van der Waals surface area (Å²) < 4.78 is 38.3. The highest BCUT2D eigenvalue weighted by molar-refractivity contribution is 5.92. The molecule has 32 heavy (non-hydrogen) atoms. The highest BCUT2D eigenvalue weighted by atomic mass is 19.4. The second-order valence-corrected chi connectivity index (χ2v) is 8.02. The minimum Gasteiger partial charge on any atom is -0.376 e. The molecule has 2 aromatic rings. The average molecular weight is 448 g/mol. The molecule has 2 aromatic carbocycles. The Labute approximate surface area is 185 Å². The van der Waals surface area contributed by atoms with E-state index in [-0.39, 0.29) is 18.1 Å². The van der Waals surface area contributed by atoms with Gasteiger partial charge in [-0.25, -0.2) is 0 Å². The number of alkyl halides is 3. The Hall–Kier alpha value is -3.07. The van der Waals surface area contributed by atoms with Gasteiger partial charge in [-0.05, 0) is 67.7 Å².